The lowest BCUT2D eigenvalue weighted by atomic mass is 10.2. The molecule has 0 atom stereocenters. The number of piperazine rings is 1. The van der Waals surface area contributed by atoms with E-state index in [1.807, 2.05) is 17.0 Å². The molecule has 0 N–H and O–H groups in total. The van der Waals surface area contributed by atoms with Crippen molar-refractivity contribution < 1.29 is 4.79 Å². The van der Waals surface area contributed by atoms with Crippen LogP contribution in [0.3, 0.4) is 0 Å². The van der Waals surface area contributed by atoms with Gasteiger partial charge in [-0.25, -0.2) is 0 Å². The van der Waals surface area contributed by atoms with Gasteiger partial charge in [-0.2, -0.15) is 0 Å². The number of rotatable bonds is 2. The average Bonchev–Trinajstić information content (AvgIpc) is 2.39. The molecule has 0 saturated carbocycles. The summed E-state index contributed by atoms with van der Waals surface area (Å²) >= 11 is 0. The zero-order chi connectivity index (χ0) is 12.3. The Morgan fingerprint density at radius 2 is 1.76 bits per heavy atom. The van der Waals surface area contributed by atoms with Gasteiger partial charge in [0.15, 0.2) is 0 Å². The first kappa shape index (κ1) is 12.6. The molecule has 0 unspecified atom stereocenters. The van der Waals surface area contributed by atoms with Crippen LogP contribution < -0.4 is 4.90 Å². The van der Waals surface area contributed by atoms with Gasteiger partial charge in [0.2, 0.25) is 5.91 Å². The lowest BCUT2D eigenvalue weighted by Gasteiger charge is -2.35. The Morgan fingerprint density at radius 1 is 1.18 bits per heavy atom. The molecular weight excluding hydrogens is 256 g/mol. The molecule has 17 heavy (non-hydrogen) atoms. The Labute approximate surface area is 110 Å². The predicted octanol–water partition coefficient (Wildman–Crippen LogP) is 2.60. The second kappa shape index (κ2) is 5.65. The van der Waals surface area contributed by atoms with Gasteiger partial charge in [0.1, 0.15) is 0 Å². The Morgan fingerprint density at radius 3 is 2.24 bits per heavy atom. The fourth-order valence-electron chi connectivity index (χ4n) is 1.99. The molecule has 1 saturated heterocycles. The molecule has 1 heterocycles. The zero-order valence-electron chi connectivity index (χ0n) is 9.73. The van der Waals surface area contributed by atoms with Crippen molar-refractivity contribution in [2.75, 3.05) is 31.1 Å². The van der Waals surface area contributed by atoms with E-state index in [4.69, 9.17) is 10.7 Å². The molecule has 1 aliphatic heterocycles. The van der Waals surface area contributed by atoms with E-state index >= 15 is 0 Å². The van der Waals surface area contributed by atoms with Gasteiger partial charge in [-0.15, -0.1) is 0 Å². The highest BCUT2D eigenvalue weighted by Crippen LogP contribution is 2.25. The van der Waals surface area contributed by atoms with Gasteiger partial charge in [0, 0.05) is 43.7 Å². The third kappa shape index (κ3) is 3.07. The van der Waals surface area contributed by atoms with Crippen LogP contribution in [0.15, 0.2) is 29.2 Å². The molecule has 3 nitrogen and oxygen atoms in total. The molecular formula is C12H15ClN2OS. The van der Waals surface area contributed by atoms with E-state index in [-0.39, 0.29) is 5.91 Å². The molecule has 0 radical (unpaired) electrons. The summed E-state index contributed by atoms with van der Waals surface area (Å²) in [4.78, 5) is 16.5. The molecule has 0 aliphatic carbocycles. The predicted molar refractivity (Wildman–Crippen MR) is 72.6 cm³/mol. The van der Waals surface area contributed by atoms with E-state index in [2.05, 4.69) is 17.0 Å². The van der Waals surface area contributed by atoms with Crippen LogP contribution >= 0.6 is 21.7 Å². The van der Waals surface area contributed by atoms with Crippen LogP contribution in [-0.4, -0.2) is 37.0 Å². The van der Waals surface area contributed by atoms with Crippen molar-refractivity contribution >= 4 is 33.3 Å². The first-order valence-electron chi connectivity index (χ1n) is 5.60. The Kier molecular flexibility index (Phi) is 4.18. The quantitative estimate of drug-likeness (QED) is 0.825. The van der Waals surface area contributed by atoms with Gasteiger partial charge in [-0.3, -0.25) is 4.79 Å². The molecule has 2 rings (SSSR count). The van der Waals surface area contributed by atoms with Crippen molar-refractivity contribution in [3.63, 3.8) is 0 Å². The summed E-state index contributed by atoms with van der Waals surface area (Å²) in [6.45, 7) is 5.03. The highest BCUT2D eigenvalue weighted by Gasteiger charge is 2.18. The van der Waals surface area contributed by atoms with Crippen molar-refractivity contribution in [2.45, 2.75) is 11.8 Å². The van der Waals surface area contributed by atoms with E-state index < -0.39 is 0 Å². The number of amides is 1. The van der Waals surface area contributed by atoms with Gasteiger partial charge < -0.3 is 9.80 Å². The second-order valence-electron chi connectivity index (χ2n) is 4.06. The monoisotopic (exact) mass is 270 g/mol. The van der Waals surface area contributed by atoms with Gasteiger partial charge in [0.05, 0.1) is 0 Å². The molecule has 0 bridgehead atoms. The highest BCUT2D eigenvalue weighted by molar-refractivity contribution is 8.21. The van der Waals surface area contributed by atoms with Crippen LogP contribution in [0.5, 0.6) is 0 Å². The maximum atomic E-state index is 11.2. The van der Waals surface area contributed by atoms with Crippen molar-refractivity contribution in [3.05, 3.63) is 24.3 Å². The fourth-order valence-corrected chi connectivity index (χ4v) is 2.54. The van der Waals surface area contributed by atoms with Crippen molar-refractivity contribution in [1.82, 2.24) is 4.90 Å². The van der Waals surface area contributed by atoms with Gasteiger partial charge in [0.25, 0.3) is 0 Å². The first-order valence-corrected chi connectivity index (χ1v) is 7.24. The Balaban J connectivity index is 1.97. The standard InChI is InChI=1S/C12H15ClN2OS/c1-10(16)14-6-8-15(9-7-14)11-2-4-12(17-13)5-3-11/h2-5H,6-9H2,1H3. The third-order valence-corrected chi connectivity index (χ3v) is 4.00. The molecule has 1 aliphatic rings. The van der Waals surface area contributed by atoms with Crippen LogP contribution in [-0.2, 0) is 4.79 Å². The topological polar surface area (TPSA) is 23.6 Å². The number of hydrogen-bond acceptors (Lipinski definition) is 3. The fraction of sp³-hybridized carbons (Fsp3) is 0.417. The number of anilines is 1. The first-order chi connectivity index (χ1) is 8.20. The molecule has 1 fully saturated rings. The minimum atomic E-state index is 0.165. The maximum Gasteiger partial charge on any atom is 0.219 e. The third-order valence-electron chi connectivity index (χ3n) is 3.02. The minimum absolute atomic E-state index is 0.165. The summed E-state index contributed by atoms with van der Waals surface area (Å²) in [6.07, 6.45) is 0. The van der Waals surface area contributed by atoms with Gasteiger partial charge in [-0.05, 0) is 45.9 Å². The summed E-state index contributed by atoms with van der Waals surface area (Å²) in [6, 6.07) is 8.19. The van der Waals surface area contributed by atoms with Gasteiger partial charge >= 0.3 is 0 Å². The van der Waals surface area contributed by atoms with Crippen LogP contribution in [0.25, 0.3) is 0 Å². The molecule has 92 valence electrons. The highest BCUT2D eigenvalue weighted by atomic mass is 35.7. The molecule has 0 aromatic heterocycles. The van der Waals surface area contributed by atoms with Crippen LogP contribution in [0, 0.1) is 0 Å². The number of nitrogens with zero attached hydrogens (tertiary/aromatic N) is 2. The largest absolute Gasteiger partial charge is 0.368 e. The summed E-state index contributed by atoms with van der Waals surface area (Å²) in [5.74, 6) is 0.165. The van der Waals surface area contributed by atoms with Crippen molar-refractivity contribution in [2.24, 2.45) is 0 Å². The summed E-state index contributed by atoms with van der Waals surface area (Å²) in [7, 11) is 6.91. The SMILES string of the molecule is CC(=O)N1CCN(c2ccc(SCl)cc2)CC1. The Bertz CT molecular complexity index is 388. The van der Waals surface area contributed by atoms with Crippen molar-refractivity contribution in [1.29, 1.82) is 0 Å². The van der Waals surface area contributed by atoms with Crippen molar-refractivity contribution in [3.8, 4) is 0 Å². The molecule has 1 aromatic rings. The number of benzene rings is 1. The minimum Gasteiger partial charge on any atom is -0.368 e. The Hall–Kier alpha value is -0.870. The van der Waals surface area contributed by atoms with Crippen LogP contribution in [0.4, 0.5) is 5.69 Å². The lowest BCUT2D eigenvalue weighted by Crippen LogP contribution is -2.48. The number of hydrogen-bond donors (Lipinski definition) is 0. The van der Waals surface area contributed by atoms with E-state index in [1.54, 1.807) is 6.92 Å². The molecule has 0 spiro atoms. The average molecular weight is 271 g/mol. The maximum absolute atomic E-state index is 11.2. The van der Waals surface area contributed by atoms with E-state index in [1.165, 1.54) is 16.7 Å². The van der Waals surface area contributed by atoms with E-state index in [9.17, 15) is 4.79 Å². The normalized spacial score (nSPS) is 16.1. The van der Waals surface area contributed by atoms with E-state index in [0.717, 1.165) is 31.1 Å². The van der Waals surface area contributed by atoms with Crippen LogP contribution in [0.2, 0.25) is 0 Å². The number of halogens is 1. The summed E-state index contributed by atoms with van der Waals surface area (Å²) in [5.41, 5.74) is 1.20. The lowest BCUT2D eigenvalue weighted by molar-refractivity contribution is -0.129. The van der Waals surface area contributed by atoms with E-state index in [0.29, 0.717) is 0 Å². The number of carbonyl (C=O) groups is 1. The van der Waals surface area contributed by atoms with Crippen LogP contribution in [0.1, 0.15) is 6.92 Å². The summed E-state index contributed by atoms with van der Waals surface area (Å²) < 4.78 is 0. The smallest absolute Gasteiger partial charge is 0.219 e. The summed E-state index contributed by atoms with van der Waals surface area (Å²) in [5, 5.41) is 0. The number of carbonyl (C=O) groups excluding carboxylic acids is 1. The molecule has 5 heteroatoms. The zero-order valence-corrected chi connectivity index (χ0v) is 11.3. The molecule has 1 amide bonds. The molecule has 1 aromatic carbocycles. The van der Waals surface area contributed by atoms with Gasteiger partial charge in [-0.1, -0.05) is 0 Å². The second-order valence-corrected chi connectivity index (χ2v) is 5.15.